The van der Waals surface area contributed by atoms with Gasteiger partial charge in [-0.3, -0.25) is 4.57 Å². The number of aromatic nitrogens is 1. The number of benzene rings is 2. The van der Waals surface area contributed by atoms with Crippen LogP contribution in [0.25, 0.3) is 20.0 Å². The fourth-order valence-electron chi connectivity index (χ4n) is 3.68. The highest BCUT2D eigenvalue weighted by Gasteiger charge is 2.25. The van der Waals surface area contributed by atoms with Gasteiger partial charge in [0.2, 0.25) is 0 Å². The van der Waals surface area contributed by atoms with Crippen molar-refractivity contribution in [1.29, 1.82) is 5.26 Å². The molecule has 0 amide bonds. The smallest absolute Gasteiger partial charge is 0.367 e. The van der Waals surface area contributed by atoms with E-state index < -0.39 is 13.6 Å². The average molecular weight is 587 g/mol. The van der Waals surface area contributed by atoms with Gasteiger partial charge in [0.15, 0.2) is 6.35 Å². The highest BCUT2D eigenvalue weighted by molar-refractivity contribution is 7.53. The lowest BCUT2D eigenvalue weighted by Gasteiger charge is -2.17. The first-order chi connectivity index (χ1) is 18.8. The number of carbonyl (C=O) groups excluding carboxylic acids is 1. The number of aryl methyl sites for hydroxylation is 1. The standard InChI is InChI=1S/C27H27N2O7PS2/c1-5-35-37(31,36-6-2)16-34-22-11-19-13-23(38-25(19)20(12-22)14-28)26-29-17(3)24(39-26)27(30)33-15-18-7-9-21(32-4)10-8-18/h7-13H,5-6,15-16H2,1-4H3. The maximum absolute atomic E-state index is 12.8. The van der Waals surface area contributed by atoms with E-state index in [0.29, 0.717) is 26.9 Å². The molecule has 0 saturated heterocycles. The second kappa shape index (κ2) is 12.7. The summed E-state index contributed by atoms with van der Waals surface area (Å²) in [6, 6.07) is 14.7. The zero-order chi connectivity index (χ0) is 28.0. The van der Waals surface area contributed by atoms with Gasteiger partial charge in [0.05, 0.1) is 41.2 Å². The maximum atomic E-state index is 12.8. The molecule has 4 aromatic rings. The van der Waals surface area contributed by atoms with Gasteiger partial charge in [0.1, 0.15) is 34.1 Å². The number of nitrogens with zero attached hydrogens (tertiary/aromatic N) is 2. The number of esters is 1. The Morgan fingerprint density at radius 1 is 1.05 bits per heavy atom. The Labute approximate surface area is 234 Å². The van der Waals surface area contributed by atoms with Crippen molar-refractivity contribution in [2.75, 3.05) is 26.7 Å². The molecule has 204 valence electrons. The molecule has 0 atom stereocenters. The molecular weight excluding hydrogens is 559 g/mol. The van der Waals surface area contributed by atoms with Crippen LogP contribution in [0.5, 0.6) is 11.5 Å². The monoisotopic (exact) mass is 586 g/mol. The first-order valence-corrected chi connectivity index (χ1v) is 15.4. The number of methoxy groups -OCH3 is 1. The quantitative estimate of drug-likeness (QED) is 0.126. The van der Waals surface area contributed by atoms with Crippen molar-refractivity contribution in [3.63, 3.8) is 0 Å². The minimum atomic E-state index is -3.41. The topological polar surface area (TPSA) is 117 Å². The first kappa shape index (κ1) is 28.7. The van der Waals surface area contributed by atoms with Gasteiger partial charge in [-0.15, -0.1) is 22.7 Å². The number of hydrogen-bond donors (Lipinski definition) is 0. The van der Waals surface area contributed by atoms with Gasteiger partial charge in [0.25, 0.3) is 0 Å². The molecule has 0 spiro atoms. The minimum Gasteiger partial charge on any atom is -0.497 e. The summed E-state index contributed by atoms with van der Waals surface area (Å²) < 4.78 is 40.5. The van der Waals surface area contributed by atoms with Crippen molar-refractivity contribution in [3.8, 4) is 27.5 Å². The summed E-state index contributed by atoms with van der Waals surface area (Å²) >= 11 is 2.64. The Bertz CT molecular complexity index is 1550. The molecule has 12 heteroatoms. The number of rotatable bonds is 12. The van der Waals surface area contributed by atoms with E-state index in [-0.39, 0.29) is 26.2 Å². The Kier molecular flexibility index (Phi) is 9.38. The fourth-order valence-corrected chi connectivity index (χ4v) is 7.11. The number of nitriles is 1. The van der Waals surface area contributed by atoms with Gasteiger partial charge in [0, 0.05) is 0 Å². The molecule has 0 unspecified atom stereocenters. The van der Waals surface area contributed by atoms with E-state index in [0.717, 1.165) is 26.3 Å². The molecule has 0 saturated carbocycles. The van der Waals surface area contributed by atoms with Crippen LogP contribution in [0, 0.1) is 18.3 Å². The van der Waals surface area contributed by atoms with Crippen molar-refractivity contribution < 1.29 is 32.6 Å². The van der Waals surface area contributed by atoms with E-state index in [1.807, 2.05) is 30.3 Å². The Morgan fingerprint density at radius 3 is 2.41 bits per heavy atom. The molecular formula is C27H27N2O7PS2. The number of fused-ring (bicyclic) bond motifs is 1. The molecule has 0 fully saturated rings. The van der Waals surface area contributed by atoms with Crippen LogP contribution in [0.1, 0.15) is 40.3 Å². The van der Waals surface area contributed by atoms with Gasteiger partial charge >= 0.3 is 13.6 Å². The van der Waals surface area contributed by atoms with E-state index in [1.54, 1.807) is 40.0 Å². The zero-order valence-electron chi connectivity index (χ0n) is 21.9. The van der Waals surface area contributed by atoms with Crippen molar-refractivity contribution >= 4 is 46.3 Å². The van der Waals surface area contributed by atoms with Crippen molar-refractivity contribution in [2.24, 2.45) is 0 Å². The molecule has 2 heterocycles. The number of thiophene rings is 1. The van der Waals surface area contributed by atoms with Crippen LogP contribution in [0.3, 0.4) is 0 Å². The summed E-state index contributed by atoms with van der Waals surface area (Å²) in [6.07, 6.45) is -0.268. The van der Waals surface area contributed by atoms with E-state index in [1.165, 1.54) is 22.7 Å². The highest BCUT2D eigenvalue weighted by Crippen LogP contribution is 2.48. The summed E-state index contributed by atoms with van der Waals surface area (Å²) in [6.45, 7) is 5.79. The molecule has 0 radical (unpaired) electrons. The van der Waals surface area contributed by atoms with Gasteiger partial charge in [-0.05, 0) is 62.1 Å². The number of hydrogen-bond acceptors (Lipinski definition) is 11. The van der Waals surface area contributed by atoms with Crippen LogP contribution in [-0.2, 0) is 25.0 Å². The molecule has 39 heavy (non-hydrogen) atoms. The maximum Gasteiger partial charge on any atom is 0.367 e. The predicted molar refractivity (Wildman–Crippen MR) is 151 cm³/mol. The van der Waals surface area contributed by atoms with E-state index in [4.69, 9.17) is 23.3 Å². The summed E-state index contributed by atoms with van der Waals surface area (Å²) in [5.41, 5.74) is 1.82. The highest BCUT2D eigenvalue weighted by atomic mass is 32.1. The molecule has 0 aliphatic carbocycles. The lowest BCUT2D eigenvalue weighted by Crippen LogP contribution is -2.05. The van der Waals surface area contributed by atoms with E-state index >= 15 is 0 Å². The third-order valence-corrected chi connectivity index (χ3v) is 9.71. The molecule has 0 aliphatic rings. The van der Waals surface area contributed by atoms with Crippen LogP contribution >= 0.6 is 30.3 Å². The molecule has 0 bridgehead atoms. The number of carbonyl (C=O) groups is 1. The largest absolute Gasteiger partial charge is 0.497 e. The lowest BCUT2D eigenvalue weighted by molar-refractivity contribution is 0.0477. The van der Waals surface area contributed by atoms with Gasteiger partial charge in [-0.1, -0.05) is 12.1 Å². The molecule has 9 nitrogen and oxygen atoms in total. The third kappa shape index (κ3) is 6.85. The molecule has 4 rings (SSSR count). The first-order valence-electron chi connectivity index (χ1n) is 12.1. The van der Waals surface area contributed by atoms with Crippen LogP contribution in [0.4, 0.5) is 0 Å². The second-order valence-electron chi connectivity index (χ2n) is 8.19. The van der Waals surface area contributed by atoms with Crippen molar-refractivity contribution in [3.05, 3.63) is 64.2 Å². The van der Waals surface area contributed by atoms with Crippen molar-refractivity contribution in [2.45, 2.75) is 27.4 Å². The molecule has 0 aliphatic heterocycles. The minimum absolute atomic E-state index is 0.131. The summed E-state index contributed by atoms with van der Waals surface area (Å²) in [4.78, 5) is 18.6. The Morgan fingerprint density at radius 2 is 1.77 bits per heavy atom. The molecule has 2 aromatic heterocycles. The summed E-state index contributed by atoms with van der Waals surface area (Å²) in [7, 11) is -1.82. The normalized spacial score (nSPS) is 11.4. The van der Waals surface area contributed by atoms with Crippen LogP contribution in [0.15, 0.2) is 42.5 Å². The fraction of sp³-hybridized carbons (Fsp3) is 0.296. The van der Waals surface area contributed by atoms with Gasteiger partial charge < -0.3 is 23.3 Å². The van der Waals surface area contributed by atoms with Crippen molar-refractivity contribution in [1.82, 2.24) is 4.98 Å². The Hall–Kier alpha value is -3.26. The zero-order valence-corrected chi connectivity index (χ0v) is 24.4. The SMILES string of the molecule is CCOP(=O)(COc1cc(C#N)c2sc(-c3nc(C)c(C(=O)OCc4ccc(OC)cc4)s3)cc2c1)OCC. The molecule has 0 N–H and O–H groups in total. The van der Waals surface area contributed by atoms with Crippen LogP contribution in [0.2, 0.25) is 0 Å². The van der Waals surface area contributed by atoms with Crippen LogP contribution < -0.4 is 9.47 Å². The summed E-state index contributed by atoms with van der Waals surface area (Å²) in [5.74, 6) is 0.654. The number of thiazole rings is 1. The lowest BCUT2D eigenvalue weighted by atomic mass is 10.1. The van der Waals surface area contributed by atoms with Gasteiger partial charge in [-0.2, -0.15) is 5.26 Å². The predicted octanol–water partition coefficient (Wildman–Crippen LogP) is 7.17. The van der Waals surface area contributed by atoms with Gasteiger partial charge in [-0.25, -0.2) is 9.78 Å². The number of ether oxygens (including phenoxy) is 3. The summed E-state index contributed by atoms with van der Waals surface area (Å²) in [5, 5.41) is 11.2. The Balaban J connectivity index is 1.53. The van der Waals surface area contributed by atoms with E-state index in [2.05, 4.69) is 11.1 Å². The van der Waals surface area contributed by atoms with E-state index in [9.17, 15) is 14.6 Å². The second-order valence-corrected chi connectivity index (χ2v) is 12.2. The molecule has 2 aromatic carbocycles. The third-order valence-electron chi connectivity index (χ3n) is 5.47. The average Bonchev–Trinajstić information content (AvgIpc) is 3.54. The van der Waals surface area contributed by atoms with Crippen LogP contribution in [-0.4, -0.2) is 37.6 Å².